The third kappa shape index (κ3) is 5.36. The highest BCUT2D eigenvalue weighted by molar-refractivity contribution is 7.89. The predicted octanol–water partition coefficient (Wildman–Crippen LogP) is 2.01. The molecule has 1 atom stereocenters. The van der Waals surface area contributed by atoms with E-state index in [0.29, 0.717) is 6.54 Å². The van der Waals surface area contributed by atoms with Crippen molar-refractivity contribution in [3.05, 3.63) is 0 Å². The van der Waals surface area contributed by atoms with Gasteiger partial charge in [-0.1, -0.05) is 19.8 Å². The summed E-state index contributed by atoms with van der Waals surface area (Å²) in [4.78, 5) is 0. The van der Waals surface area contributed by atoms with Crippen LogP contribution in [0.2, 0.25) is 0 Å². The second-order valence-electron chi connectivity index (χ2n) is 4.79. The maximum Gasteiger partial charge on any atom is 0.213 e. The average Bonchev–Trinajstić information content (AvgIpc) is 2.30. The highest BCUT2D eigenvalue weighted by atomic mass is 32.2. The molecule has 0 spiro atoms. The largest absolute Gasteiger partial charge is 0.377 e. The zero-order valence-electron chi connectivity index (χ0n) is 11.0. The van der Waals surface area contributed by atoms with Crippen LogP contribution in [0.5, 0.6) is 0 Å². The third-order valence-corrected chi connectivity index (χ3v) is 5.12. The molecule has 1 fully saturated rings. The Hall–Kier alpha value is -0.130. The molecular weight excluding hydrogens is 238 g/mol. The van der Waals surface area contributed by atoms with Crippen LogP contribution in [-0.4, -0.2) is 44.8 Å². The van der Waals surface area contributed by atoms with Crippen molar-refractivity contribution >= 4 is 10.0 Å². The molecule has 4 nitrogen and oxygen atoms in total. The quantitative estimate of drug-likeness (QED) is 0.660. The van der Waals surface area contributed by atoms with Gasteiger partial charge in [-0.15, -0.1) is 0 Å². The van der Waals surface area contributed by atoms with Gasteiger partial charge in [-0.3, -0.25) is 0 Å². The van der Waals surface area contributed by atoms with Crippen molar-refractivity contribution in [1.82, 2.24) is 4.31 Å². The number of hydrogen-bond acceptors (Lipinski definition) is 3. The Kier molecular flexibility index (Phi) is 6.44. The van der Waals surface area contributed by atoms with E-state index in [1.165, 1.54) is 4.31 Å². The second kappa shape index (κ2) is 7.34. The first-order valence-corrected chi connectivity index (χ1v) is 8.23. The van der Waals surface area contributed by atoms with Gasteiger partial charge in [-0.25, -0.2) is 12.7 Å². The number of hydrogen-bond donors (Lipinski definition) is 0. The van der Waals surface area contributed by atoms with Crippen LogP contribution in [0.4, 0.5) is 0 Å². The van der Waals surface area contributed by atoms with Crippen LogP contribution in [0.25, 0.3) is 0 Å². The van der Waals surface area contributed by atoms with E-state index in [-0.39, 0.29) is 11.9 Å². The Balaban J connectivity index is 2.36. The van der Waals surface area contributed by atoms with Gasteiger partial charge in [0.1, 0.15) is 0 Å². The van der Waals surface area contributed by atoms with E-state index in [2.05, 4.69) is 6.92 Å². The van der Waals surface area contributed by atoms with E-state index in [1.54, 1.807) is 7.05 Å². The van der Waals surface area contributed by atoms with E-state index in [9.17, 15) is 8.42 Å². The number of likely N-dealkylation sites (N-methyl/N-ethyl adjacent to an activating group) is 1. The summed E-state index contributed by atoms with van der Waals surface area (Å²) in [6.45, 7) is 3.36. The molecule has 1 heterocycles. The molecule has 0 aromatic carbocycles. The van der Waals surface area contributed by atoms with E-state index in [0.717, 1.165) is 45.1 Å². The Bertz CT molecular complexity index is 297. The fourth-order valence-corrected chi connectivity index (χ4v) is 3.32. The minimum absolute atomic E-state index is 0.0923. The first kappa shape index (κ1) is 14.9. The summed E-state index contributed by atoms with van der Waals surface area (Å²) in [5.74, 6) is 0.268. The summed E-state index contributed by atoms with van der Waals surface area (Å²) in [5, 5.41) is 0. The molecule has 0 aromatic heterocycles. The summed E-state index contributed by atoms with van der Waals surface area (Å²) >= 11 is 0. The van der Waals surface area contributed by atoms with E-state index >= 15 is 0 Å². The van der Waals surface area contributed by atoms with Crippen molar-refractivity contribution in [3.8, 4) is 0 Å². The van der Waals surface area contributed by atoms with E-state index < -0.39 is 10.0 Å². The third-order valence-electron chi connectivity index (χ3n) is 3.22. The molecule has 0 bridgehead atoms. The van der Waals surface area contributed by atoms with Gasteiger partial charge in [-0.05, 0) is 25.7 Å². The predicted molar refractivity (Wildman–Crippen MR) is 69.5 cm³/mol. The Labute approximate surface area is 105 Å². The fourth-order valence-electron chi connectivity index (χ4n) is 2.04. The van der Waals surface area contributed by atoms with Crippen molar-refractivity contribution in [3.63, 3.8) is 0 Å². The van der Waals surface area contributed by atoms with Crippen LogP contribution < -0.4 is 0 Å². The van der Waals surface area contributed by atoms with Crippen molar-refractivity contribution < 1.29 is 13.2 Å². The van der Waals surface area contributed by atoms with Crippen LogP contribution in [0, 0.1) is 0 Å². The highest BCUT2D eigenvalue weighted by Gasteiger charge is 2.22. The smallest absolute Gasteiger partial charge is 0.213 e. The standard InChI is InChI=1S/C12H25NO3S/c1-3-4-7-10-17(14,15)13(2)11-12-8-5-6-9-16-12/h12H,3-11H2,1-2H3. The van der Waals surface area contributed by atoms with Crippen molar-refractivity contribution in [1.29, 1.82) is 0 Å². The molecule has 0 N–H and O–H groups in total. The van der Waals surface area contributed by atoms with E-state index in [4.69, 9.17) is 4.74 Å². The maximum atomic E-state index is 11.9. The Morgan fingerprint density at radius 2 is 2.06 bits per heavy atom. The normalized spacial score (nSPS) is 21.9. The fraction of sp³-hybridized carbons (Fsp3) is 1.00. The lowest BCUT2D eigenvalue weighted by molar-refractivity contribution is 0.00859. The van der Waals surface area contributed by atoms with E-state index in [1.807, 2.05) is 0 Å². The Morgan fingerprint density at radius 1 is 1.29 bits per heavy atom. The summed E-state index contributed by atoms with van der Waals surface area (Å²) < 4.78 is 30.9. The molecule has 17 heavy (non-hydrogen) atoms. The maximum absolute atomic E-state index is 11.9. The molecule has 1 unspecified atom stereocenters. The molecule has 1 rings (SSSR count). The van der Waals surface area contributed by atoms with Gasteiger partial charge in [-0.2, -0.15) is 0 Å². The molecule has 0 saturated carbocycles. The molecule has 1 aliphatic rings. The number of sulfonamides is 1. The summed E-state index contributed by atoms with van der Waals surface area (Å²) in [6.07, 6.45) is 6.11. The summed E-state index contributed by atoms with van der Waals surface area (Å²) in [6, 6.07) is 0. The summed E-state index contributed by atoms with van der Waals surface area (Å²) in [5.41, 5.74) is 0. The van der Waals surface area contributed by atoms with Gasteiger partial charge < -0.3 is 4.74 Å². The van der Waals surface area contributed by atoms with Gasteiger partial charge in [0, 0.05) is 20.2 Å². The number of nitrogens with zero attached hydrogens (tertiary/aromatic N) is 1. The van der Waals surface area contributed by atoms with Crippen LogP contribution in [0.3, 0.4) is 0 Å². The molecule has 1 saturated heterocycles. The monoisotopic (exact) mass is 263 g/mol. The van der Waals surface area contributed by atoms with Crippen LogP contribution in [0.15, 0.2) is 0 Å². The number of ether oxygens (including phenoxy) is 1. The topological polar surface area (TPSA) is 46.6 Å². The Morgan fingerprint density at radius 3 is 2.65 bits per heavy atom. The van der Waals surface area contributed by atoms with Gasteiger partial charge >= 0.3 is 0 Å². The minimum Gasteiger partial charge on any atom is -0.377 e. The second-order valence-corrected chi connectivity index (χ2v) is 6.99. The molecule has 0 aliphatic carbocycles. The molecular formula is C12H25NO3S. The molecule has 0 aromatic rings. The van der Waals surface area contributed by atoms with Gasteiger partial charge in [0.15, 0.2) is 0 Å². The average molecular weight is 263 g/mol. The first-order chi connectivity index (χ1) is 8.06. The molecule has 1 aliphatic heterocycles. The van der Waals surface area contributed by atoms with Crippen molar-refractivity contribution in [2.45, 2.75) is 51.6 Å². The molecule has 5 heteroatoms. The minimum atomic E-state index is -3.08. The summed E-state index contributed by atoms with van der Waals surface area (Å²) in [7, 11) is -1.41. The van der Waals surface area contributed by atoms with Crippen LogP contribution in [-0.2, 0) is 14.8 Å². The van der Waals surface area contributed by atoms with Gasteiger partial charge in [0.2, 0.25) is 10.0 Å². The lowest BCUT2D eigenvalue weighted by atomic mass is 10.1. The van der Waals surface area contributed by atoms with Crippen molar-refractivity contribution in [2.24, 2.45) is 0 Å². The molecule has 0 radical (unpaired) electrons. The van der Waals surface area contributed by atoms with Crippen molar-refractivity contribution in [2.75, 3.05) is 26.0 Å². The highest BCUT2D eigenvalue weighted by Crippen LogP contribution is 2.15. The molecule has 102 valence electrons. The van der Waals surface area contributed by atoms with Crippen LogP contribution >= 0.6 is 0 Å². The lowest BCUT2D eigenvalue weighted by Crippen LogP contribution is -2.38. The SMILES string of the molecule is CCCCCS(=O)(=O)N(C)CC1CCCCO1. The zero-order valence-corrected chi connectivity index (χ0v) is 11.8. The first-order valence-electron chi connectivity index (χ1n) is 6.62. The number of rotatable bonds is 7. The van der Waals surface area contributed by atoms with Gasteiger partial charge in [0.05, 0.1) is 11.9 Å². The van der Waals surface area contributed by atoms with Gasteiger partial charge in [0.25, 0.3) is 0 Å². The molecule has 0 amide bonds. The number of unbranched alkanes of at least 4 members (excludes halogenated alkanes) is 2. The lowest BCUT2D eigenvalue weighted by Gasteiger charge is -2.27. The van der Waals surface area contributed by atoms with Crippen LogP contribution in [0.1, 0.15) is 45.4 Å². The zero-order chi connectivity index (χ0) is 12.7.